The molecule has 1 aliphatic rings. The summed E-state index contributed by atoms with van der Waals surface area (Å²) in [6.45, 7) is 4.01. The summed E-state index contributed by atoms with van der Waals surface area (Å²) in [5.74, 6) is 1.08. The second-order valence-corrected chi connectivity index (χ2v) is 9.64. The Bertz CT molecular complexity index is 1320. The number of rotatable bonds is 7. The summed E-state index contributed by atoms with van der Waals surface area (Å²) in [7, 11) is -1.10. The third-order valence-electron chi connectivity index (χ3n) is 5.84. The van der Waals surface area contributed by atoms with Crippen molar-refractivity contribution in [3.63, 3.8) is 0 Å². The van der Waals surface area contributed by atoms with E-state index in [1.807, 2.05) is 19.1 Å². The highest BCUT2D eigenvalue weighted by molar-refractivity contribution is 7.92. The molecule has 0 spiro atoms. The molecule has 9 heteroatoms. The Hall–Kier alpha value is -3.72. The van der Waals surface area contributed by atoms with Crippen LogP contribution in [-0.2, 0) is 10.0 Å². The number of hydrogen-bond acceptors (Lipinski definition) is 6. The third kappa shape index (κ3) is 4.51. The molecule has 8 nitrogen and oxygen atoms in total. The van der Waals surface area contributed by atoms with Gasteiger partial charge in [-0.3, -0.25) is 9.52 Å². The van der Waals surface area contributed by atoms with Crippen LogP contribution in [0.1, 0.15) is 35.7 Å². The molecule has 2 N–H and O–H groups in total. The summed E-state index contributed by atoms with van der Waals surface area (Å²) in [5, 5.41) is 2.78. The molecule has 2 unspecified atom stereocenters. The Morgan fingerprint density at radius 3 is 2.32 bits per heavy atom. The maximum Gasteiger partial charge on any atom is 0.265 e. The average Bonchev–Trinajstić information content (AvgIpc) is 3.12. The van der Waals surface area contributed by atoms with Gasteiger partial charge in [-0.25, -0.2) is 8.42 Å². The zero-order valence-corrected chi connectivity index (χ0v) is 20.1. The molecule has 34 heavy (non-hydrogen) atoms. The number of sulfonamides is 1. The van der Waals surface area contributed by atoms with Crippen LogP contribution in [0, 0.1) is 0 Å². The zero-order chi connectivity index (χ0) is 24.5. The van der Waals surface area contributed by atoms with Crippen LogP contribution in [0.25, 0.3) is 0 Å². The fraction of sp³-hybridized carbons (Fsp3) is 0.240. The minimum absolute atomic E-state index is 0.0364. The number of anilines is 2. The largest absolute Gasteiger partial charge is 0.497 e. The first-order valence-electron chi connectivity index (χ1n) is 10.7. The fourth-order valence-electron chi connectivity index (χ4n) is 3.80. The highest BCUT2D eigenvalue weighted by Crippen LogP contribution is 2.40. The third-order valence-corrected chi connectivity index (χ3v) is 7.24. The molecule has 178 valence electrons. The van der Waals surface area contributed by atoms with Crippen LogP contribution in [0.15, 0.2) is 65.6 Å². The molecule has 0 aliphatic carbocycles. The maximum absolute atomic E-state index is 13.1. The SMILES string of the molecule is COc1ccc(NS(=O)(=O)c2cc(NC(=O)c3cccc4c3OC(C)C4C)ccc2OC)cc1. The van der Waals surface area contributed by atoms with E-state index in [2.05, 4.69) is 17.0 Å². The molecule has 1 aliphatic heterocycles. The number of methoxy groups -OCH3 is 2. The van der Waals surface area contributed by atoms with Crippen molar-refractivity contribution in [2.45, 2.75) is 30.8 Å². The van der Waals surface area contributed by atoms with E-state index in [9.17, 15) is 13.2 Å². The number of hydrogen-bond donors (Lipinski definition) is 2. The first-order chi connectivity index (χ1) is 16.2. The van der Waals surface area contributed by atoms with Gasteiger partial charge in [-0.1, -0.05) is 19.1 Å². The summed E-state index contributed by atoms with van der Waals surface area (Å²) in [6.07, 6.45) is -0.0364. The lowest BCUT2D eigenvalue weighted by atomic mass is 9.97. The van der Waals surface area contributed by atoms with Crippen molar-refractivity contribution >= 4 is 27.3 Å². The van der Waals surface area contributed by atoms with E-state index in [-0.39, 0.29) is 22.7 Å². The van der Waals surface area contributed by atoms with Crippen LogP contribution >= 0.6 is 0 Å². The molecule has 0 radical (unpaired) electrons. The quantitative estimate of drug-likeness (QED) is 0.509. The monoisotopic (exact) mass is 482 g/mol. The van der Waals surface area contributed by atoms with Gasteiger partial charge in [0.15, 0.2) is 0 Å². The number of amides is 1. The highest BCUT2D eigenvalue weighted by atomic mass is 32.2. The maximum atomic E-state index is 13.1. The molecular weight excluding hydrogens is 456 g/mol. The summed E-state index contributed by atoms with van der Waals surface area (Å²) in [5.41, 5.74) is 2.03. The van der Waals surface area contributed by atoms with Crippen molar-refractivity contribution in [3.05, 3.63) is 71.8 Å². The lowest BCUT2D eigenvalue weighted by molar-refractivity contribution is 0.102. The molecule has 1 heterocycles. The number of para-hydroxylation sites is 1. The van der Waals surface area contributed by atoms with E-state index in [0.29, 0.717) is 28.4 Å². The van der Waals surface area contributed by atoms with E-state index < -0.39 is 15.9 Å². The predicted molar refractivity (Wildman–Crippen MR) is 130 cm³/mol. The van der Waals surface area contributed by atoms with Crippen molar-refractivity contribution in [3.8, 4) is 17.2 Å². The van der Waals surface area contributed by atoms with Gasteiger partial charge in [0.2, 0.25) is 0 Å². The van der Waals surface area contributed by atoms with Gasteiger partial charge in [0.25, 0.3) is 15.9 Å². The molecule has 0 fully saturated rings. The summed E-state index contributed by atoms with van der Waals surface area (Å²) >= 11 is 0. The number of fused-ring (bicyclic) bond motifs is 1. The molecular formula is C25H26N2O6S. The Balaban J connectivity index is 1.61. The fourth-order valence-corrected chi connectivity index (χ4v) is 5.05. The molecule has 4 rings (SSSR count). The van der Waals surface area contributed by atoms with Crippen LogP contribution in [0.2, 0.25) is 0 Å². The van der Waals surface area contributed by atoms with Gasteiger partial charge < -0.3 is 19.5 Å². The van der Waals surface area contributed by atoms with E-state index in [1.54, 1.807) is 36.4 Å². The predicted octanol–water partition coefficient (Wildman–Crippen LogP) is 4.64. The van der Waals surface area contributed by atoms with E-state index >= 15 is 0 Å². The van der Waals surface area contributed by atoms with Crippen molar-refractivity contribution < 1.29 is 27.4 Å². The topological polar surface area (TPSA) is 103 Å². The molecule has 0 saturated carbocycles. The van der Waals surface area contributed by atoms with Crippen molar-refractivity contribution in [1.82, 2.24) is 0 Å². The smallest absolute Gasteiger partial charge is 0.265 e. The Morgan fingerprint density at radius 1 is 0.941 bits per heavy atom. The van der Waals surface area contributed by atoms with E-state index in [0.717, 1.165) is 5.56 Å². The summed E-state index contributed by atoms with van der Waals surface area (Å²) < 4.78 is 45.0. The Labute approximate surface area is 198 Å². The molecule has 3 aromatic carbocycles. The van der Waals surface area contributed by atoms with Crippen LogP contribution in [0.5, 0.6) is 17.2 Å². The van der Waals surface area contributed by atoms with Crippen molar-refractivity contribution in [2.75, 3.05) is 24.3 Å². The van der Waals surface area contributed by atoms with Gasteiger partial charge in [0, 0.05) is 22.9 Å². The lowest BCUT2D eigenvalue weighted by Gasteiger charge is -2.14. The highest BCUT2D eigenvalue weighted by Gasteiger charge is 2.31. The first kappa shape index (κ1) is 23.4. The number of nitrogens with one attached hydrogen (secondary N) is 2. The Morgan fingerprint density at radius 2 is 1.65 bits per heavy atom. The summed E-state index contributed by atoms with van der Waals surface area (Å²) in [4.78, 5) is 12.9. The molecule has 3 aromatic rings. The molecule has 2 atom stereocenters. The van der Waals surface area contributed by atoms with Crippen molar-refractivity contribution in [1.29, 1.82) is 0 Å². The zero-order valence-electron chi connectivity index (χ0n) is 19.3. The van der Waals surface area contributed by atoms with Gasteiger partial charge in [-0.05, 0) is 55.5 Å². The number of carbonyl (C=O) groups is 1. The number of carbonyl (C=O) groups excluding carboxylic acids is 1. The van der Waals surface area contributed by atoms with E-state index in [1.165, 1.54) is 26.4 Å². The average molecular weight is 483 g/mol. The van der Waals surface area contributed by atoms with Crippen LogP contribution in [0.4, 0.5) is 11.4 Å². The standard InChI is InChI=1S/C25H26N2O6S/c1-15-16(2)33-24-20(15)6-5-7-21(24)25(28)26-18-10-13-22(32-4)23(14-18)34(29,30)27-17-8-11-19(31-3)12-9-17/h5-16,27H,1-4H3,(H,26,28). The first-order valence-corrected chi connectivity index (χ1v) is 12.2. The molecule has 1 amide bonds. The second kappa shape index (κ2) is 9.26. The normalized spacial score (nSPS) is 16.8. The van der Waals surface area contributed by atoms with Gasteiger partial charge in [0.1, 0.15) is 28.2 Å². The number of ether oxygens (including phenoxy) is 3. The van der Waals surface area contributed by atoms with Crippen LogP contribution < -0.4 is 24.2 Å². The molecule has 0 aromatic heterocycles. The Kier molecular flexibility index (Phi) is 6.39. The minimum atomic E-state index is -4.01. The van der Waals surface area contributed by atoms with Crippen molar-refractivity contribution in [2.24, 2.45) is 0 Å². The van der Waals surface area contributed by atoms with Crippen LogP contribution in [-0.4, -0.2) is 34.6 Å². The van der Waals surface area contributed by atoms with Gasteiger partial charge in [-0.15, -0.1) is 0 Å². The summed E-state index contributed by atoms with van der Waals surface area (Å²) in [6, 6.07) is 16.4. The van der Waals surface area contributed by atoms with E-state index in [4.69, 9.17) is 14.2 Å². The molecule has 0 saturated heterocycles. The van der Waals surface area contributed by atoms with Crippen LogP contribution in [0.3, 0.4) is 0 Å². The molecule has 0 bridgehead atoms. The van der Waals surface area contributed by atoms with Gasteiger partial charge in [-0.2, -0.15) is 0 Å². The van der Waals surface area contributed by atoms with Gasteiger partial charge in [0.05, 0.1) is 19.8 Å². The second-order valence-electron chi connectivity index (χ2n) is 7.99. The van der Waals surface area contributed by atoms with Gasteiger partial charge >= 0.3 is 0 Å². The number of benzene rings is 3. The minimum Gasteiger partial charge on any atom is -0.497 e. The lowest BCUT2D eigenvalue weighted by Crippen LogP contribution is -2.17.